The van der Waals surface area contributed by atoms with Crippen LogP contribution in [0.25, 0.3) is 0 Å². The zero-order chi connectivity index (χ0) is 17.8. The molecule has 25 heavy (non-hydrogen) atoms. The lowest BCUT2D eigenvalue weighted by atomic mass is 10.1. The first-order valence-corrected chi connectivity index (χ1v) is 8.04. The minimum Gasteiger partial charge on any atom is -0.495 e. The van der Waals surface area contributed by atoms with Gasteiger partial charge < -0.3 is 20.1 Å². The van der Waals surface area contributed by atoms with Gasteiger partial charge in [-0.3, -0.25) is 9.59 Å². The SMILES string of the molecule is COc1ccc(C)cc1NC(=O)CC1COc2ccccc2NC1=O. The lowest BCUT2D eigenvalue weighted by Gasteiger charge is -2.14. The van der Waals surface area contributed by atoms with Crippen molar-refractivity contribution in [1.29, 1.82) is 0 Å². The Morgan fingerprint density at radius 2 is 2.12 bits per heavy atom. The number of ether oxygens (including phenoxy) is 2. The summed E-state index contributed by atoms with van der Waals surface area (Å²) in [6.07, 6.45) is 0.0247. The topological polar surface area (TPSA) is 76.7 Å². The van der Waals surface area contributed by atoms with Crippen LogP contribution in [0.4, 0.5) is 11.4 Å². The summed E-state index contributed by atoms with van der Waals surface area (Å²) in [7, 11) is 1.55. The van der Waals surface area contributed by atoms with Crippen molar-refractivity contribution in [3.05, 3.63) is 48.0 Å². The third-order valence-electron chi connectivity index (χ3n) is 4.02. The monoisotopic (exact) mass is 340 g/mol. The van der Waals surface area contributed by atoms with E-state index >= 15 is 0 Å². The van der Waals surface area contributed by atoms with Gasteiger partial charge in [0, 0.05) is 6.42 Å². The fourth-order valence-electron chi connectivity index (χ4n) is 2.69. The van der Waals surface area contributed by atoms with Gasteiger partial charge in [-0.15, -0.1) is 0 Å². The molecule has 2 N–H and O–H groups in total. The minimum atomic E-state index is -0.566. The van der Waals surface area contributed by atoms with Gasteiger partial charge in [-0.25, -0.2) is 0 Å². The Bertz CT molecular complexity index is 804. The van der Waals surface area contributed by atoms with E-state index < -0.39 is 5.92 Å². The summed E-state index contributed by atoms with van der Waals surface area (Å²) >= 11 is 0. The Labute approximate surface area is 146 Å². The maximum Gasteiger partial charge on any atom is 0.231 e. The van der Waals surface area contributed by atoms with Crippen LogP contribution < -0.4 is 20.1 Å². The van der Waals surface area contributed by atoms with Crippen LogP contribution >= 0.6 is 0 Å². The summed E-state index contributed by atoms with van der Waals surface area (Å²) in [5.74, 6) is 0.130. The van der Waals surface area contributed by atoms with Crippen molar-refractivity contribution in [1.82, 2.24) is 0 Å². The van der Waals surface area contributed by atoms with E-state index in [1.54, 1.807) is 25.3 Å². The number of benzene rings is 2. The van der Waals surface area contributed by atoms with E-state index in [0.29, 0.717) is 22.9 Å². The second-order valence-electron chi connectivity index (χ2n) is 5.95. The highest BCUT2D eigenvalue weighted by molar-refractivity contribution is 6.00. The normalized spacial score (nSPS) is 16.1. The van der Waals surface area contributed by atoms with Crippen molar-refractivity contribution < 1.29 is 19.1 Å². The fourth-order valence-corrected chi connectivity index (χ4v) is 2.69. The van der Waals surface area contributed by atoms with Crippen molar-refractivity contribution in [3.63, 3.8) is 0 Å². The van der Waals surface area contributed by atoms with Crippen LogP contribution in [-0.4, -0.2) is 25.5 Å². The molecule has 1 aliphatic rings. The molecule has 130 valence electrons. The summed E-state index contributed by atoms with van der Waals surface area (Å²) in [5.41, 5.74) is 2.21. The highest BCUT2D eigenvalue weighted by atomic mass is 16.5. The number of para-hydroxylation sites is 2. The van der Waals surface area contributed by atoms with E-state index in [-0.39, 0.29) is 24.8 Å². The Morgan fingerprint density at radius 1 is 1.32 bits per heavy atom. The maximum atomic E-state index is 12.4. The number of carbonyl (C=O) groups excluding carboxylic acids is 2. The number of methoxy groups -OCH3 is 1. The van der Waals surface area contributed by atoms with Gasteiger partial charge in [-0.1, -0.05) is 18.2 Å². The zero-order valence-electron chi connectivity index (χ0n) is 14.2. The first-order valence-electron chi connectivity index (χ1n) is 8.04. The quantitative estimate of drug-likeness (QED) is 0.897. The van der Waals surface area contributed by atoms with Crippen molar-refractivity contribution in [2.75, 3.05) is 24.4 Å². The van der Waals surface area contributed by atoms with Crippen LogP contribution in [0.5, 0.6) is 11.5 Å². The molecule has 1 atom stereocenters. The highest BCUT2D eigenvalue weighted by Gasteiger charge is 2.27. The average Bonchev–Trinajstić information content (AvgIpc) is 2.74. The number of fused-ring (bicyclic) bond motifs is 1. The van der Waals surface area contributed by atoms with Crippen LogP contribution in [0.15, 0.2) is 42.5 Å². The number of nitrogens with one attached hydrogen (secondary N) is 2. The Hall–Kier alpha value is -3.02. The van der Waals surface area contributed by atoms with E-state index in [2.05, 4.69) is 10.6 Å². The Morgan fingerprint density at radius 3 is 2.92 bits per heavy atom. The number of aryl methyl sites for hydroxylation is 1. The minimum absolute atomic E-state index is 0.0247. The molecule has 0 saturated carbocycles. The highest BCUT2D eigenvalue weighted by Crippen LogP contribution is 2.29. The molecule has 6 heteroatoms. The largest absolute Gasteiger partial charge is 0.495 e. The summed E-state index contributed by atoms with van der Waals surface area (Å²) in [6.45, 7) is 2.08. The number of amides is 2. The molecule has 0 aromatic heterocycles. The van der Waals surface area contributed by atoms with Crippen molar-refractivity contribution >= 4 is 23.2 Å². The predicted octanol–water partition coefficient (Wildman–Crippen LogP) is 2.98. The number of hydrogen-bond acceptors (Lipinski definition) is 4. The Kier molecular flexibility index (Phi) is 4.88. The lowest BCUT2D eigenvalue weighted by Crippen LogP contribution is -2.29. The molecule has 0 saturated heterocycles. The number of carbonyl (C=O) groups is 2. The van der Waals surface area contributed by atoms with Crippen molar-refractivity contribution in [3.8, 4) is 11.5 Å². The predicted molar refractivity (Wildman–Crippen MR) is 95.0 cm³/mol. The molecule has 2 aromatic carbocycles. The summed E-state index contributed by atoms with van der Waals surface area (Å²) in [5, 5.41) is 5.62. The second-order valence-corrected chi connectivity index (χ2v) is 5.95. The number of rotatable bonds is 4. The van der Waals surface area contributed by atoms with Crippen LogP contribution in [-0.2, 0) is 9.59 Å². The molecule has 1 heterocycles. The van der Waals surface area contributed by atoms with E-state index in [9.17, 15) is 9.59 Å². The van der Waals surface area contributed by atoms with Crippen molar-refractivity contribution in [2.24, 2.45) is 5.92 Å². The van der Waals surface area contributed by atoms with Gasteiger partial charge in [0.1, 0.15) is 18.1 Å². The first-order chi connectivity index (χ1) is 12.1. The van der Waals surface area contributed by atoms with Gasteiger partial charge in [-0.2, -0.15) is 0 Å². The zero-order valence-corrected chi connectivity index (χ0v) is 14.2. The smallest absolute Gasteiger partial charge is 0.231 e. The fraction of sp³-hybridized carbons (Fsp3) is 0.263. The molecule has 0 radical (unpaired) electrons. The summed E-state index contributed by atoms with van der Waals surface area (Å²) < 4.78 is 10.9. The molecule has 1 aliphatic heterocycles. The molecule has 2 aromatic rings. The molecular formula is C19H20N2O4. The van der Waals surface area contributed by atoms with Gasteiger partial charge in [0.25, 0.3) is 0 Å². The maximum absolute atomic E-state index is 12.4. The molecule has 0 bridgehead atoms. The van der Waals surface area contributed by atoms with E-state index in [4.69, 9.17) is 9.47 Å². The molecule has 0 aliphatic carbocycles. The average molecular weight is 340 g/mol. The summed E-state index contributed by atoms with van der Waals surface area (Å²) in [4.78, 5) is 24.7. The van der Waals surface area contributed by atoms with Crippen LogP contribution in [0.2, 0.25) is 0 Å². The summed E-state index contributed by atoms with van der Waals surface area (Å²) in [6, 6.07) is 12.7. The van der Waals surface area contributed by atoms with Gasteiger partial charge >= 0.3 is 0 Å². The molecule has 0 spiro atoms. The molecule has 3 rings (SSSR count). The third kappa shape index (κ3) is 3.91. The van der Waals surface area contributed by atoms with Gasteiger partial charge in [0.2, 0.25) is 11.8 Å². The van der Waals surface area contributed by atoms with Crippen LogP contribution in [0.3, 0.4) is 0 Å². The number of anilines is 2. The third-order valence-corrected chi connectivity index (χ3v) is 4.02. The first kappa shape index (κ1) is 16.8. The number of hydrogen-bond donors (Lipinski definition) is 2. The van der Waals surface area contributed by atoms with E-state index in [0.717, 1.165) is 5.56 Å². The van der Waals surface area contributed by atoms with E-state index in [1.165, 1.54) is 0 Å². The van der Waals surface area contributed by atoms with Crippen LogP contribution in [0, 0.1) is 12.8 Å². The standard InChI is InChI=1S/C19H20N2O4/c1-12-7-8-16(24-2)15(9-12)20-18(22)10-13-11-25-17-6-4-3-5-14(17)21-19(13)23/h3-9,13H,10-11H2,1-2H3,(H,20,22)(H,21,23). The van der Waals surface area contributed by atoms with Gasteiger partial charge in [-0.05, 0) is 36.8 Å². The molecule has 0 fully saturated rings. The van der Waals surface area contributed by atoms with Gasteiger partial charge in [0.05, 0.1) is 24.4 Å². The van der Waals surface area contributed by atoms with Crippen LogP contribution in [0.1, 0.15) is 12.0 Å². The Balaban J connectivity index is 1.67. The second kappa shape index (κ2) is 7.25. The van der Waals surface area contributed by atoms with Gasteiger partial charge in [0.15, 0.2) is 0 Å². The lowest BCUT2D eigenvalue weighted by molar-refractivity contribution is -0.125. The molecule has 6 nitrogen and oxygen atoms in total. The van der Waals surface area contributed by atoms with Crippen molar-refractivity contribution in [2.45, 2.75) is 13.3 Å². The molecule has 2 amide bonds. The molecule has 1 unspecified atom stereocenters. The molecular weight excluding hydrogens is 320 g/mol. The van der Waals surface area contributed by atoms with E-state index in [1.807, 2.05) is 31.2 Å².